The molecule has 3 aliphatic rings. The zero-order valence-electron chi connectivity index (χ0n) is 9.67. The Labute approximate surface area is 91.1 Å². The molecule has 3 nitrogen and oxygen atoms in total. The molecule has 3 fully saturated rings. The largest absolute Gasteiger partial charge is 0.469 e. The Morgan fingerprint density at radius 2 is 1.60 bits per heavy atom. The van der Waals surface area contributed by atoms with Gasteiger partial charge in [-0.15, -0.1) is 0 Å². The third-order valence-electron chi connectivity index (χ3n) is 4.47. The van der Waals surface area contributed by atoms with Gasteiger partial charge < -0.3 is 9.47 Å². The van der Waals surface area contributed by atoms with Crippen LogP contribution in [0.5, 0.6) is 0 Å². The first-order valence-corrected chi connectivity index (χ1v) is 5.74. The Balaban J connectivity index is 2.07. The van der Waals surface area contributed by atoms with Gasteiger partial charge in [-0.1, -0.05) is 0 Å². The Morgan fingerprint density at radius 1 is 1.07 bits per heavy atom. The predicted molar refractivity (Wildman–Crippen MR) is 56.5 cm³/mol. The number of ether oxygens (including phenoxy) is 2. The number of esters is 1. The maximum absolute atomic E-state index is 11.8. The van der Waals surface area contributed by atoms with Crippen LogP contribution in [0.15, 0.2) is 0 Å². The average Bonchev–Trinajstić information content (AvgIpc) is 2.30. The fourth-order valence-corrected chi connectivity index (χ4v) is 3.31. The summed E-state index contributed by atoms with van der Waals surface area (Å²) in [6.07, 6.45) is 6.33. The first kappa shape index (κ1) is 10.9. The lowest BCUT2D eigenvalue weighted by Gasteiger charge is -2.51. The Bertz CT molecular complexity index is 235. The molecule has 0 saturated heterocycles. The van der Waals surface area contributed by atoms with Crippen molar-refractivity contribution in [2.75, 3.05) is 20.8 Å². The third-order valence-corrected chi connectivity index (χ3v) is 4.47. The van der Waals surface area contributed by atoms with Crippen molar-refractivity contribution in [3.8, 4) is 0 Å². The van der Waals surface area contributed by atoms with E-state index in [2.05, 4.69) is 0 Å². The molecule has 0 N–H and O–H groups in total. The van der Waals surface area contributed by atoms with Gasteiger partial charge in [0.05, 0.1) is 19.1 Å². The van der Waals surface area contributed by atoms with E-state index < -0.39 is 0 Å². The molecule has 3 rings (SSSR count). The summed E-state index contributed by atoms with van der Waals surface area (Å²) in [5, 5.41) is 0. The maximum atomic E-state index is 11.8. The van der Waals surface area contributed by atoms with Gasteiger partial charge in [0, 0.05) is 7.11 Å². The van der Waals surface area contributed by atoms with Crippen molar-refractivity contribution >= 4 is 5.97 Å². The lowest BCUT2D eigenvalue weighted by atomic mass is 9.54. The van der Waals surface area contributed by atoms with Crippen LogP contribution < -0.4 is 0 Å². The highest BCUT2D eigenvalue weighted by Gasteiger charge is 2.52. The van der Waals surface area contributed by atoms with Crippen LogP contribution in [0.4, 0.5) is 0 Å². The van der Waals surface area contributed by atoms with Crippen LogP contribution in [-0.2, 0) is 14.3 Å². The average molecular weight is 212 g/mol. The van der Waals surface area contributed by atoms with E-state index in [1.54, 1.807) is 7.11 Å². The van der Waals surface area contributed by atoms with Gasteiger partial charge in [-0.2, -0.15) is 0 Å². The highest BCUT2D eigenvalue weighted by Crippen LogP contribution is 2.57. The molecule has 86 valence electrons. The normalized spacial score (nSPS) is 39.1. The smallest absolute Gasteiger partial charge is 0.311 e. The Hall–Kier alpha value is -0.570. The van der Waals surface area contributed by atoms with Crippen LogP contribution in [0.3, 0.4) is 0 Å². The maximum Gasteiger partial charge on any atom is 0.311 e. The summed E-state index contributed by atoms with van der Waals surface area (Å²) in [7, 11) is 3.27. The number of hydrogen-bond acceptors (Lipinski definition) is 3. The summed E-state index contributed by atoms with van der Waals surface area (Å²) in [6, 6.07) is 0. The molecule has 0 spiro atoms. The molecule has 0 aromatic rings. The second-order valence-electron chi connectivity index (χ2n) is 5.20. The first-order chi connectivity index (χ1) is 7.16. The molecule has 0 aromatic heterocycles. The van der Waals surface area contributed by atoms with Gasteiger partial charge in [-0.05, 0) is 43.9 Å². The van der Waals surface area contributed by atoms with E-state index in [1.165, 1.54) is 7.11 Å². The molecule has 0 atom stereocenters. The molecule has 3 saturated carbocycles. The van der Waals surface area contributed by atoms with E-state index in [1.807, 2.05) is 0 Å². The van der Waals surface area contributed by atoms with E-state index in [-0.39, 0.29) is 11.4 Å². The summed E-state index contributed by atoms with van der Waals surface area (Å²) in [5.41, 5.74) is 0.217. The molecule has 0 unspecified atom stereocenters. The van der Waals surface area contributed by atoms with Gasteiger partial charge in [0.1, 0.15) is 0 Å². The van der Waals surface area contributed by atoms with Crippen LogP contribution in [0, 0.1) is 10.8 Å². The standard InChI is InChI=1S/C12H20O3/c1-14-9-11-3-6-12(7-4-11,8-5-11)10(13)15-2/h3-9H2,1-2H3. The molecular weight excluding hydrogens is 192 g/mol. The van der Waals surface area contributed by atoms with E-state index in [9.17, 15) is 4.79 Å². The first-order valence-electron chi connectivity index (χ1n) is 5.74. The molecule has 2 bridgehead atoms. The summed E-state index contributed by atoms with van der Waals surface area (Å²) in [4.78, 5) is 11.8. The van der Waals surface area contributed by atoms with Crippen LogP contribution in [-0.4, -0.2) is 26.8 Å². The number of fused-ring (bicyclic) bond motifs is 3. The molecule has 0 radical (unpaired) electrons. The summed E-state index contributed by atoms with van der Waals surface area (Å²) in [6.45, 7) is 0.851. The lowest BCUT2D eigenvalue weighted by Crippen LogP contribution is -2.47. The monoisotopic (exact) mass is 212 g/mol. The minimum atomic E-state index is -0.149. The van der Waals surface area contributed by atoms with Crippen molar-refractivity contribution in [3.05, 3.63) is 0 Å². The van der Waals surface area contributed by atoms with Crippen LogP contribution in [0.25, 0.3) is 0 Å². The zero-order chi connectivity index (χ0) is 10.9. The molecule has 0 aromatic carbocycles. The molecule has 15 heavy (non-hydrogen) atoms. The van der Waals surface area contributed by atoms with Crippen LogP contribution in [0.1, 0.15) is 38.5 Å². The van der Waals surface area contributed by atoms with E-state index in [4.69, 9.17) is 9.47 Å². The summed E-state index contributed by atoms with van der Waals surface area (Å²) >= 11 is 0. The third kappa shape index (κ3) is 1.67. The van der Waals surface area contributed by atoms with E-state index in [0.29, 0.717) is 5.41 Å². The van der Waals surface area contributed by atoms with Crippen LogP contribution in [0.2, 0.25) is 0 Å². The number of hydrogen-bond donors (Lipinski definition) is 0. The summed E-state index contributed by atoms with van der Waals surface area (Å²) in [5.74, 6) is 0.00761. The molecular formula is C12H20O3. The highest BCUT2D eigenvalue weighted by molar-refractivity contribution is 5.77. The SMILES string of the molecule is COCC12CCC(C(=O)OC)(CC1)CC2. The zero-order valence-corrected chi connectivity index (χ0v) is 9.67. The van der Waals surface area contributed by atoms with Crippen molar-refractivity contribution in [1.82, 2.24) is 0 Å². The molecule has 0 heterocycles. The van der Waals surface area contributed by atoms with Gasteiger partial charge in [0.2, 0.25) is 0 Å². The molecule has 3 heteroatoms. The topological polar surface area (TPSA) is 35.5 Å². The van der Waals surface area contributed by atoms with Gasteiger partial charge in [-0.25, -0.2) is 0 Å². The van der Waals surface area contributed by atoms with Crippen molar-refractivity contribution in [2.24, 2.45) is 10.8 Å². The van der Waals surface area contributed by atoms with Crippen molar-refractivity contribution in [2.45, 2.75) is 38.5 Å². The van der Waals surface area contributed by atoms with Gasteiger partial charge in [0.15, 0.2) is 0 Å². The van der Waals surface area contributed by atoms with Gasteiger partial charge >= 0.3 is 5.97 Å². The fraction of sp³-hybridized carbons (Fsp3) is 0.917. The van der Waals surface area contributed by atoms with Crippen molar-refractivity contribution < 1.29 is 14.3 Å². The second kappa shape index (κ2) is 3.78. The molecule has 0 amide bonds. The van der Waals surface area contributed by atoms with E-state index in [0.717, 1.165) is 45.1 Å². The summed E-state index contributed by atoms with van der Waals surface area (Å²) < 4.78 is 10.2. The molecule has 0 aliphatic heterocycles. The minimum Gasteiger partial charge on any atom is -0.469 e. The predicted octanol–water partition coefficient (Wildman–Crippen LogP) is 2.15. The number of methoxy groups -OCH3 is 2. The number of rotatable bonds is 3. The minimum absolute atomic E-state index is 0.00761. The van der Waals surface area contributed by atoms with Gasteiger partial charge in [-0.3, -0.25) is 4.79 Å². The Morgan fingerprint density at radius 3 is 2.00 bits per heavy atom. The highest BCUT2D eigenvalue weighted by atomic mass is 16.5. The number of carbonyl (C=O) groups is 1. The van der Waals surface area contributed by atoms with E-state index >= 15 is 0 Å². The lowest BCUT2D eigenvalue weighted by molar-refractivity contribution is -0.164. The van der Waals surface area contributed by atoms with Crippen LogP contribution >= 0.6 is 0 Å². The Kier molecular flexibility index (Phi) is 2.75. The fourth-order valence-electron chi connectivity index (χ4n) is 3.31. The number of carbonyl (C=O) groups excluding carboxylic acids is 1. The van der Waals surface area contributed by atoms with Gasteiger partial charge in [0.25, 0.3) is 0 Å². The van der Waals surface area contributed by atoms with Crippen molar-refractivity contribution in [1.29, 1.82) is 0 Å². The van der Waals surface area contributed by atoms with Crippen molar-refractivity contribution in [3.63, 3.8) is 0 Å². The molecule has 3 aliphatic carbocycles. The quantitative estimate of drug-likeness (QED) is 0.672. The second-order valence-corrected chi connectivity index (χ2v) is 5.20.